The lowest BCUT2D eigenvalue weighted by Gasteiger charge is -2.16. The molecule has 0 aliphatic rings. The smallest absolute Gasteiger partial charge is 0.360 e. The quantitative estimate of drug-likeness (QED) is 0.779. The van der Waals surface area contributed by atoms with E-state index in [1.54, 1.807) is 6.92 Å². The number of ether oxygens (including phenoxy) is 1. The van der Waals surface area contributed by atoms with Gasteiger partial charge in [-0.3, -0.25) is 0 Å². The second kappa shape index (κ2) is 5.63. The molecule has 1 heterocycles. The van der Waals surface area contributed by atoms with E-state index in [0.29, 0.717) is 23.9 Å². The Balaban J connectivity index is 2.89. The van der Waals surface area contributed by atoms with Crippen LogP contribution in [-0.2, 0) is 4.74 Å². The second-order valence-electron chi connectivity index (χ2n) is 3.95. The molecule has 1 N–H and O–H groups in total. The first-order chi connectivity index (χ1) is 7.61. The average Bonchev–Trinajstić information content (AvgIpc) is 2.76. The van der Waals surface area contributed by atoms with Crippen molar-refractivity contribution in [2.24, 2.45) is 5.92 Å². The van der Waals surface area contributed by atoms with Crippen molar-refractivity contribution in [1.82, 2.24) is 15.4 Å². The minimum absolute atomic E-state index is 0.197. The van der Waals surface area contributed by atoms with Gasteiger partial charge in [0.2, 0.25) is 0 Å². The van der Waals surface area contributed by atoms with Crippen LogP contribution in [0.1, 0.15) is 56.2 Å². The minimum Gasteiger partial charge on any atom is -0.461 e. The molecule has 0 bridgehead atoms. The number of hydrogen-bond donors (Lipinski definition) is 1. The molecule has 1 aromatic heterocycles. The third-order valence-corrected chi connectivity index (χ3v) is 2.97. The second-order valence-corrected chi connectivity index (χ2v) is 3.95. The summed E-state index contributed by atoms with van der Waals surface area (Å²) in [6, 6.07) is 0. The van der Waals surface area contributed by atoms with E-state index in [1.807, 2.05) is 0 Å². The van der Waals surface area contributed by atoms with Crippen LogP contribution in [0.4, 0.5) is 0 Å². The van der Waals surface area contributed by atoms with Crippen LogP contribution in [0, 0.1) is 5.92 Å². The summed E-state index contributed by atoms with van der Waals surface area (Å²) in [6.45, 7) is 8.42. The maximum absolute atomic E-state index is 11.6. The zero-order valence-corrected chi connectivity index (χ0v) is 10.3. The number of nitrogens with zero attached hydrogens (tertiary/aromatic N) is 2. The molecule has 0 aliphatic heterocycles. The number of H-pyrrole nitrogens is 1. The Bertz CT molecular complexity index is 349. The molecule has 1 rings (SSSR count). The van der Waals surface area contributed by atoms with Crippen LogP contribution in [-0.4, -0.2) is 28.0 Å². The van der Waals surface area contributed by atoms with Crippen LogP contribution in [0.5, 0.6) is 0 Å². The summed E-state index contributed by atoms with van der Waals surface area (Å²) < 4.78 is 4.93. The highest BCUT2D eigenvalue weighted by Crippen LogP contribution is 2.26. The molecule has 0 radical (unpaired) electrons. The van der Waals surface area contributed by atoms with E-state index < -0.39 is 5.97 Å². The van der Waals surface area contributed by atoms with Crippen LogP contribution in [0.3, 0.4) is 0 Å². The fourth-order valence-corrected chi connectivity index (χ4v) is 1.53. The molecular formula is C11H19N3O2. The Morgan fingerprint density at radius 2 is 2.06 bits per heavy atom. The number of carbonyl (C=O) groups is 1. The lowest BCUT2D eigenvalue weighted by atomic mass is 9.90. The minimum atomic E-state index is -0.401. The topological polar surface area (TPSA) is 67.9 Å². The molecule has 5 nitrogen and oxygen atoms in total. The Morgan fingerprint density at radius 3 is 2.62 bits per heavy atom. The van der Waals surface area contributed by atoms with Crippen molar-refractivity contribution in [2.45, 2.75) is 40.0 Å². The molecule has 0 aliphatic carbocycles. The van der Waals surface area contributed by atoms with Crippen LogP contribution in [0.2, 0.25) is 0 Å². The highest BCUT2D eigenvalue weighted by molar-refractivity contribution is 5.88. The summed E-state index contributed by atoms with van der Waals surface area (Å²) in [5, 5.41) is 10.4. The number of carbonyl (C=O) groups excluding carboxylic acids is 1. The number of nitrogens with one attached hydrogen (secondary N) is 1. The van der Waals surface area contributed by atoms with E-state index in [2.05, 4.69) is 36.2 Å². The molecule has 0 amide bonds. The zero-order valence-electron chi connectivity index (χ0n) is 10.3. The predicted molar refractivity (Wildman–Crippen MR) is 60.2 cm³/mol. The summed E-state index contributed by atoms with van der Waals surface area (Å²) in [7, 11) is 0. The van der Waals surface area contributed by atoms with Gasteiger partial charge in [0.05, 0.1) is 6.61 Å². The first-order valence-electron chi connectivity index (χ1n) is 5.69. The molecule has 0 saturated carbocycles. The van der Waals surface area contributed by atoms with Gasteiger partial charge >= 0.3 is 5.97 Å². The lowest BCUT2D eigenvalue weighted by molar-refractivity contribution is 0.0517. The van der Waals surface area contributed by atoms with Gasteiger partial charge in [-0.25, -0.2) is 4.79 Å². The summed E-state index contributed by atoms with van der Waals surface area (Å²) in [5.74, 6) is 0.253. The molecular weight excluding hydrogens is 206 g/mol. The molecule has 1 aromatic rings. The summed E-state index contributed by atoms with van der Waals surface area (Å²) >= 11 is 0. The highest BCUT2D eigenvalue weighted by atomic mass is 16.5. The molecule has 90 valence electrons. The molecule has 0 saturated heterocycles. The van der Waals surface area contributed by atoms with Crippen LogP contribution >= 0.6 is 0 Å². The van der Waals surface area contributed by atoms with Crippen molar-refractivity contribution in [3.63, 3.8) is 0 Å². The Labute approximate surface area is 95.6 Å². The molecule has 0 fully saturated rings. The van der Waals surface area contributed by atoms with Gasteiger partial charge in [0.1, 0.15) is 5.69 Å². The van der Waals surface area contributed by atoms with Gasteiger partial charge in [-0.2, -0.15) is 10.3 Å². The number of rotatable bonds is 5. The Hall–Kier alpha value is -1.39. The van der Waals surface area contributed by atoms with Gasteiger partial charge in [-0.1, -0.05) is 27.2 Å². The lowest BCUT2D eigenvalue weighted by Crippen LogP contribution is -2.13. The van der Waals surface area contributed by atoms with E-state index in [9.17, 15) is 4.79 Å². The van der Waals surface area contributed by atoms with Crippen molar-refractivity contribution in [1.29, 1.82) is 0 Å². The summed E-state index contributed by atoms with van der Waals surface area (Å²) in [4.78, 5) is 11.6. The van der Waals surface area contributed by atoms with Crippen molar-refractivity contribution in [2.75, 3.05) is 6.61 Å². The number of aromatic nitrogens is 3. The van der Waals surface area contributed by atoms with Crippen molar-refractivity contribution >= 4 is 5.97 Å². The van der Waals surface area contributed by atoms with Crippen LogP contribution in [0.25, 0.3) is 0 Å². The van der Waals surface area contributed by atoms with Crippen LogP contribution in [0.15, 0.2) is 0 Å². The van der Waals surface area contributed by atoms with Crippen molar-refractivity contribution < 1.29 is 9.53 Å². The standard InChI is InChI=1S/C11H19N3O2/c1-5-7(3)8(4)9-10(13-14-12-9)11(15)16-6-2/h7-8H,5-6H2,1-4H3,(H,12,13,14). The first kappa shape index (κ1) is 12.7. The predicted octanol–water partition coefficient (Wildman–Crippen LogP) is 2.13. The largest absolute Gasteiger partial charge is 0.461 e. The van der Waals surface area contributed by atoms with Gasteiger partial charge in [-0.15, -0.1) is 5.10 Å². The van der Waals surface area contributed by atoms with Gasteiger partial charge in [-0.05, 0) is 12.8 Å². The third-order valence-electron chi connectivity index (χ3n) is 2.97. The summed E-state index contributed by atoms with van der Waals surface area (Å²) in [5.41, 5.74) is 1.02. The fraction of sp³-hybridized carbons (Fsp3) is 0.727. The van der Waals surface area contributed by atoms with Crippen molar-refractivity contribution in [3.05, 3.63) is 11.4 Å². The van der Waals surface area contributed by atoms with E-state index >= 15 is 0 Å². The van der Waals surface area contributed by atoms with E-state index in [4.69, 9.17) is 4.74 Å². The van der Waals surface area contributed by atoms with Gasteiger partial charge < -0.3 is 4.74 Å². The number of aromatic amines is 1. The molecule has 2 atom stereocenters. The van der Waals surface area contributed by atoms with Crippen LogP contribution < -0.4 is 0 Å². The third kappa shape index (κ3) is 2.59. The maximum atomic E-state index is 11.6. The Kier molecular flexibility index (Phi) is 4.46. The SMILES string of the molecule is CCOC(=O)c1n[nH]nc1C(C)C(C)CC. The maximum Gasteiger partial charge on any atom is 0.360 e. The van der Waals surface area contributed by atoms with Gasteiger partial charge in [0.15, 0.2) is 5.69 Å². The number of esters is 1. The Morgan fingerprint density at radius 1 is 1.38 bits per heavy atom. The average molecular weight is 225 g/mol. The zero-order chi connectivity index (χ0) is 12.1. The van der Waals surface area contributed by atoms with Gasteiger partial charge in [0, 0.05) is 5.92 Å². The normalized spacial score (nSPS) is 14.5. The molecule has 0 spiro atoms. The van der Waals surface area contributed by atoms with E-state index in [-0.39, 0.29) is 5.92 Å². The van der Waals surface area contributed by atoms with E-state index in [0.717, 1.165) is 6.42 Å². The molecule has 2 unspecified atom stereocenters. The first-order valence-corrected chi connectivity index (χ1v) is 5.69. The molecule has 5 heteroatoms. The molecule has 16 heavy (non-hydrogen) atoms. The van der Waals surface area contributed by atoms with E-state index in [1.165, 1.54) is 0 Å². The number of hydrogen-bond acceptors (Lipinski definition) is 4. The summed E-state index contributed by atoms with van der Waals surface area (Å²) in [6.07, 6.45) is 1.04. The van der Waals surface area contributed by atoms with Crippen molar-refractivity contribution in [3.8, 4) is 0 Å². The highest BCUT2D eigenvalue weighted by Gasteiger charge is 2.24. The molecule has 0 aromatic carbocycles. The fourth-order valence-electron chi connectivity index (χ4n) is 1.53. The van der Waals surface area contributed by atoms with Gasteiger partial charge in [0.25, 0.3) is 0 Å². The monoisotopic (exact) mass is 225 g/mol.